The van der Waals surface area contributed by atoms with Gasteiger partial charge in [-0.3, -0.25) is 0 Å². The second-order valence-corrected chi connectivity index (χ2v) is 5.13. The van der Waals surface area contributed by atoms with Crippen LogP contribution in [0.3, 0.4) is 0 Å². The zero-order valence-corrected chi connectivity index (χ0v) is 11.5. The standard InChI is InChI=1S/C13H24N4/c1-9(2)6-7-14-13-16-11(5)8-12(17-13)15-10(3)4/h8-10H,6-7H2,1-5H3,(H2,14,15,16,17). The van der Waals surface area contributed by atoms with Crippen molar-refractivity contribution in [1.82, 2.24) is 9.97 Å². The summed E-state index contributed by atoms with van der Waals surface area (Å²) in [4.78, 5) is 8.81. The molecule has 17 heavy (non-hydrogen) atoms. The van der Waals surface area contributed by atoms with Crippen molar-refractivity contribution in [1.29, 1.82) is 0 Å². The molecule has 1 aromatic rings. The predicted molar refractivity (Wildman–Crippen MR) is 73.5 cm³/mol. The van der Waals surface area contributed by atoms with Crippen LogP contribution in [0.4, 0.5) is 11.8 Å². The Bertz CT molecular complexity index is 347. The lowest BCUT2D eigenvalue weighted by Crippen LogP contribution is -2.14. The van der Waals surface area contributed by atoms with Crippen LogP contribution in [0, 0.1) is 12.8 Å². The summed E-state index contributed by atoms with van der Waals surface area (Å²) < 4.78 is 0. The number of rotatable bonds is 6. The van der Waals surface area contributed by atoms with Crippen LogP contribution in [0.2, 0.25) is 0 Å². The average molecular weight is 236 g/mol. The summed E-state index contributed by atoms with van der Waals surface area (Å²) in [6, 6.07) is 2.35. The monoisotopic (exact) mass is 236 g/mol. The van der Waals surface area contributed by atoms with Gasteiger partial charge in [0.25, 0.3) is 0 Å². The van der Waals surface area contributed by atoms with Crippen LogP contribution in [0.5, 0.6) is 0 Å². The van der Waals surface area contributed by atoms with E-state index in [2.05, 4.69) is 48.3 Å². The van der Waals surface area contributed by atoms with Gasteiger partial charge in [0.15, 0.2) is 0 Å². The van der Waals surface area contributed by atoms with E-state index in [1.54, 1.807) is 0 Å². The quantitative estimate of drug-likeness (QED) is 0.797. The molecular weight excluding hydrogens is 212 g/mol. The molecule has 0 bridgehead atoms. The van der Waals surface area contributed by atoms with E-state index in [0.29, 0.717) is 17.9 Å². The van der Waals surface area contributed by atoms with Crippen LogP contribution in [-0.4, -0.2) is 22.6 Å². The van der Waals surface area contributed by atoms with Gasteiger partial charge in [0.1, 0.15) is 5.82 Å². The minimum absolute atomic E-state index is 0.382. The molecule has 96 valence electrons. The number of hydrogen-bond donors (Lipinski definition) is 2. The minimum Gasteiger partial charge on any atom is -0.368 e. The van der Waals surface area contributed by atoms with E-state index in [1.807, 2.05) is 13.0 Å². The largest absolute Gasteiger partial charge is 0.368 e. The maximum absolute atomic E-state index is 4.44. The molecule has 4 heteroatoms. The fourth-order valence-corrected chi connectivity index (χ4v) is 1.49. The molecule has 0 aromatic carbocycles. The zero-order chi connectivity index (χ0) is 12.8. The number of anilines is 2. The van der Waals surface area contributed by atoms with Gasteiger partial charge in [-0.15, -0.1) is 0 Å². The van der Waals surface area contributed by atoms with Gasteiger partial charge in [-0.1, -0.05) is 13.8 Å². The number of hydrogen-bond acceptors (Lipinski definition) is 4. The number of aromatic nitrogens is 2. The molecule has 0 unspecified atom stereocenters. The molecule has 0 radical (unpaired) electrons. The Kier molecular flexibility index (Phi) is 5.19. The van der Waals surface area contributed by atoms with Crippen molar-refractivity contribution in [2.45, 2.75) is 47.1 Å². The maximum atomic E-state index is 4.44. The summed E-state index contributed by atoms with van der Waals surface area (Å²) in [6.07, 6.45) is 1.13. The summed E-state index contributed by atoms with van der Waals surface area (Å²) in [5.74, 6) is 2.30. The topological polar surface area (TPSA) is 49.8 Å². The highest BCUT2D eigenvalue weighted by atomic mass is 15.1. The van der Waals surface area contributed by atoms with Crippen molar-refractivity contribution < 1.29 is 0 Å². The summed E-state index contributed by atoms with van der Waals surface area (Å²) in [5.41, 5.74) is 0.982. The van der Waals surface area contributed by atoms with Crippen molar-refractivity contribution in [3.63, 3.8) is 0 Å². The predicted octanol–water partition coefficient (Wildman–Crippen LogP) is 3.06. The third kappa shape index (κ3) is 5.52. The molecule has 1 aromatic heterocycles. The van der Waals surface area contributed by atoms with Crippen LogP contribution < -0.4 is 10.6 Å². The lowest BCUT2D eigenvalue weighted by molar-refractivity contribution is 0.606. The van der Waals surface area contributed by atoms with Gasteiger partial charge in [-0.25, -0.2) is 4.98 Å². The Labute approximate surface area is 104 Å². The first-order valence-corrected chi connectivity index (χ1v) is 6.33. The number of nitrogens with zero attached hydrogens (tertiary/aromatic N) is 2. The lowest BCUT2D eigenvalue weighted by Gasteiger charge is -2.12. The van der Waals surface area contributed by atoms with Crippen molar-refractivity contribution in [3.05, 3.63) is 11.8 Å². The van der Waals surface area contributed by atoms with Gasteiger partial charge in [-0.05, 0) is 33.1 Å². The molecule has 0 fully saturated rings. The van der Waals surface area contributed by atoms with Crippen LogP contribution in [0.1, 0.15) is 39.8 Å². The Morgan fingerprint density at radius 3 is 2.47 bits per heavy atom. The molecule has 1 heterocycles. The molecular formula is C13H24N4. The number of aryl methyl sites for hydroxylation is 1. The van der Waals surface area contributed by atoms with Gasteiger partial charge in [-0.2, -0.15) is 4.98 Å². The fraction of sp³-hybridized carbons (Fsp3) is 0.692. The molecule has 4 nitrogen and oxygen atoms in total. The Morgan fingerprint density at radius 1 is 1.18 bits per heavy atom. The first kappa shape index (κ1) is 13.7. The van der Waals surface area contributed by atoms with Crippen molar-refractivity contribution in [2.75, 3.05) is 17.2 Å². The van der Waals surface area contributed by atoms with E-state index in [-0.39, 0.29) is 0 Å². The second kappa shape index (κ2) is 6.42. The van der Waals surface area contributed by atoms with Gasteiger partial charge in [0, 0.05) is 24.3 Å². The third-order valence-electron chi connectivity index (χ3n) is 2.30. The van der Waals surface area contributed by atoms with Crippen LogP contribution in [-0.2, 0) is 0 Å². The smallest absolute Gasteiger partial charge is 0.224 e. The SMILES string of the molecule is Cc1cc(NC(C)C)nc(NCCC(C)C)n1. The van der Waals surface area contributed by atoms with E-state index in [0.717, 1.165) is 24.5 Å². The molecule has 2 N–H and O–H groups in total. The molecule has 1 rings (SSSR count). The van der Waals surface area contributed by atoms with E-state index < -0.39 is 0 Å². The number of nitrogens with one attached hydrogen (secondary N) is 2. The van der Waals surface area contributed by atoms with E-state index in [1.165, 1.54) is 0 Å². The highest BCUT2D eigenvalue weighted by Crippen LogP contribution is 2.11. The molecule has 0 saturated heterocycles. The van der Waals surface area contributed by atoms with Gasteiger partial charge >= 0.3 is 0 Å². The Morgan fingerprint density at radius 2 is 1.88 bits per heavy atom. The van der Waals surface area contributed by atoms with E-state index in [9.17, 15) is 0 Å². The maximum Gasteiger partial charge on any atom is 0.224 e. The van der Waals surface area contributed by atoms with Crippen LogP contribution in [0.15, 0.2) is 6.07 Å². The summed E-state index contributed by atoms with van der Waals surface area (Å²) in [7, 11) is 0. The molecule has 0 aliphatic carbocycles. The van der Waals surface area contributed by atoms with E-state index >= 15 is 0 Å². The summed E-state index contributed by atoms with van der Waals surface area (Å²) in [5, 5.41) is 6.56. The fourth-order valence-electron chi connectivity index (χ4n) is 1.49. The summed E-state index contributed by atoms with van der Waals surface area (Å²) in [6.45, 7) is 11.5. The van der Waals surface area contributed by atoms with Crippen molar-refractivity contribution in [3.8, 4) is 0 Å². The highest BCUT2D eigenvalue weighted by Gasteiger charge is 2.03. The average Bonchev–Trinajstić information content (AvgIpc) is 2.14. The lowest BCUT2D eigenvalue weighted by atomic mass is 10.1. The van der Waals surface area contributed by atoms with Gasteiger partial charge < -0.3 is 10.6 Å². The second-order valence-electron chi connectivity index (χ2n) is 5.13. The van der Waals surface area contributed by atoms with Crippen LogP contribution >= 0.6 is 0 Å². The zero-order valence-electron chi connectivity index (χ0n) is 11.5. The van der Waals surface area contributed by atoms with Gasteiger partial charge in [0.05, 0.1) is 0 Å². The summed E-state index contributed by atoms with van der Waals surface area (Å²) >= 11 is 0. The van der Waals surface area contributed by atoms with E-state index in [4.69, 9.17) is 0 Å². The Hall–Kier alpha value is -1.32. The molecule has 0 aliphatic rings. The van der Waals surface area contributed by atoms with Crippen LogP contribution in [0.25, 0.3) is 0 Å². The van der Waals surface area contributed by atoms with Crippen molar-refractivity contribution >= 4 is 11.8 Å². The normalized spacial score (nSPS) is 11.0. The Balaban J connectivity index is 2.62. The molecule has 0 aliphatic heterocycles. The minimum atomic E-state index is 0.382. The first-order chi connectivity index (χ1) is 7.97. The van der Waals surface area contributed by atoms with Crippen molar-refractivity contribution in [2.24, 2.45) is 5.92 Å². The molecule has 0 saturated carbocycles. The van der Waals surface area contributed by atoms with Gasteiger partial charge in [0.2, 0.25) is 5.95 Å². The molecule has 0 atom stereocenters. The third-order valence-corrected chi connectivity index (χ3v) is 2.30. The molecule has 0 spiro atoms. The molecule has 0 amide bonds. The first-order valence-electron chi connectivity index (χ1n) is 6.33. The highest BCUT2D eigenvalue weighted by molar-refractivity contribution is 5.42.